The van der Waals surface area contributed by atoms with Crippen molar-refractivity contribution in [2.24, 2.45) is 0 Å². The summed E-state index contributed by atoms with van der Waals surface area (Å²) in [4.78, 5) is 4.25. The quantitative estimate of drug-likeness (QED) is 0.686. The van der Waals surface area contributed by atoms with E-state index in [0.29, 0.717) is 6.04 Å². The minimum absolute atomic E-state index is 0.172. The standard InChI is InChI=1S/C10H14N2O/c13-10-6-9(12-7-10)5-8-3-1-2-4-11-8/h1-4,9-10,12-13H,5-7H2. The fourth-order valence-electron chi connectivity index (χ4n) is 1.72. The highest BCUT2D eigenvalue weighted by Gasteiger charge is 2.21. The summed E-state index contributed by atoms with van der Waals surface area (Å²) in [5.41, 5.74) is 1.09. The van der Waals surface area contributed by atoms with Crippen LogP contribution in [-0.2, 0) is 6.42 Å². The van der Waals surface area contributed by atoms with Crippen molar-refractivity contribution in [1.82, 2.24) is 10.3 Å². The molecule has 0 amide bonds. The first kappa shape index (κ1) is 8.66. The summed E-state index contributed by atoms with van der Waals surface area (Å²) < 4.78 is 0. The van der Waals surface area contributed by atoms with Gasteiger partial charge >= 0.3 is 0 Å². The molecule has 0 aromatic carbocycles. The second-order valence-electron chi connectivity index (χ2n) is 3.52. The first-order valence-electron chi connectivity index (χ1n) is 4.66. The molecule has 1 saturated heterocycles. The summed E-state index contributed by atoms with van der Waals surface area (Å²) >= 11 is 0. The van der Waals surface area contributed by atoms with E-state index in [1.54, 1.807) is 6.20 Å². The Kier molecular flexibility index (Phi) is 2.57. The maximum absolute atomic E-state index is 9.29. The molecule has 0 spiro atoms. The van der Waals surface area contributed by atoms with Crippen LogP contribution in [0.2, 0.25) is 0 Å². The van der Waals surface area contributed by atoms with Crippen molar-refractivity contribution in [3.63, 3.8) is 0 Å². The first-order chi connectivity index (χ1) is 6.34. The number of pyridine rings is 1. The second kappa shape index (κ2) is 3.85. The van der Waals surface area contributed by atoms with Crippen molar-refractivity contribution in [3.05, 3.63) is 30.1 Å². The van der Waals surface area contributed by atoms with Crippen LogP contribution in [0.5, 0.6) is 0 Å². The summed E-state index contributed by atoms with van der Waals surface area (Å²) in [6, 6.07) is 6.32. The Balaban J connectivity index is 1.92. The smallest absolute Gasteiger partial charge is 0.0679 e. The summed E-state index contributed by atoms with van der Waals surface area (Å²) in [6.45, 7) is 0.720. The third-order valence-corrected chi connectivity index (χ3v) is 2.38. The molecular formula is C10H14N2O. The molecule has 1 fully saturated rings. The Morgan fingerprint density at radius 3 is 3.08 bits per heavy atom. The van der Waals surface area contributed by atoms with Gasteiger partial charge in [0.05, 0.1) is 6.10 Å². The van der Waals surface area contributed by atoms with E-state index in [2.05, 4.69) is 10.3 Å². The molecule has 0 saturated carbocycles. The van der Waals surface area contributed by atoms with Crippen LogP contribution in [0.25, 0.3) is 0 Å². The number of aliphatic hydroxyl groups is 1. The summed E-state index contributed by atoms with van der Waals surface area (Å²) in [5.74, 6) is 0. The topological polar surface area (TPSA) is 45.1 Å². The Morgan fingerprint density at radius 2 is 2.46 bits per heavy atom. The Bertz CT molecular complexity index is 263. The molecule has 1 aromatic heterocycles. The van der Waals surface area contributed by atoms with Gasteiger partial charge in [-0.1, -0.05) is 6.07 Å². The van der Waals surface area contributed by atoms with Gasteiger partial charge in [-0.3, -0.25) is 4.98 Å². The van der Waals surface area contributed by atoms with Crippen LogP contribution < -0.4 is 5.32 Å². The third-order valence-electron chi connectivity index (χ3n) is 2.38. The molecule has 2 unspecified atom stereocenters. The first-order valence-corrected chi connectivity index (χ1v) is 4.66. The van der Waals surface area contributed by atoms with Crippen LogP contribution in [0, 0.1) is 0 Å². The lowest BCUT2D eigenvalue weighted by atomic mass is 10.1. The van der Waals surface area contributed by atoms with Crippen LogP contribution in [0.3, 0.4) is 0 Å². The molecule has 0 radical (unpaired) electrons. The van der Waals surface area contributed by atoms with Crippen molar-refractivity contribution < 1.29 is 5.11 Å². The number of aromatic nitrogens is 1. The highest BCUT2D eigenvalue weighted by molar-refractivity contribution is 5.06. The van der Waals surface area contributed by atoms with E-state index >= 15 is 0 Å². The number of nitrogens with zero attached hydrogens (tertiary/aromatic N) is 1. The van der Waals surface area contributed by atoms with Gasteiger partial charge in [0.15, 0.2) is 0 Å². The van der Waals surface area contributed by atoms with Gasteiger partial charge < -0.3 is 10.4 Å². The number of rotatable bonds is 2. The van der Waals surface area contributed by atoms with Crippen LogP contribution in [0.15, 0.2) is 24.4 Å². The van der Waals surface area contributed by atoms with Gasteiger partial charge in [0.2, 0.25) is 0 Å². The fraction of sp³-hybridized carbons (Fsp3) is 0.500. The van der Waals surface area contributed by atoms with Crippen molar-refractivity contribution in [3.8, 4) is 0 Å². The molecule has 1 aromatic rings. The predicted octanol–water partition coefficient (Wildman–Crippen LogP) is 0.347. The molecule has 3 nitrogen and oxygen atoms in total. The number of hydrogen-bond donors (Lipinski definition) is 2. The van der Waals surface area contributed by atoms with Gasteiger partial charge in [-0.25, -0.2) is 0 Å². The predicted molar refractivity (Wildman–Crippen MR) is 50.4 cm³/mol. The lowest BCUT2D eigenvalue weighted by Crippen LogP contribution is -2.24. The number of β-amino-alcohol motifs (C(OH)–C–C–N with tert-alkyl or cyclic N) is 1. The third kappa shape index (κ3) is 2.26. The van der Waals surface area contributed by atoms with Gasteiger partial charge in [-0.2, -0.15) is 0 Å². The van der Waals surface area contributed by atoms with Gasteiger partial charge in [0, 0.05) is 30.9 Å². The molecule has 1 aliphatic rings. The second-order valence-corrected chi connectivity index (χ2v) is 3.52. The van der Waals surface area contributed by atoms with Gasteiger partial charge in [-0.05, 0) is 18.6 Å². The van der Waals surface area contributed by atoms with E-state index in [-0.39, 0.29) is 6.10 Å². The summed E-state index contributed by atoms with van der Waals surface area (Å²) in [6.07, 6.45) is 3.39. The highest BCUT2D eigenvalue weighted by Crippen LogP contribution is 2.10. The summed E-state index contributed by atoms with van der Waals surface area (Å²) in [5, 5.41) is 12.6. The van der Waals surface area contributed by atoms with E-state index in [4.69, 9.17) is 0 Å². The molecule has 2 atom stereocenters. The highest BCUT2D eigenvalue weighted by atomic mass is 16.3. The van der Waals surface area contributed by atoms with Crippen molar-refractivity contribution in [2.75, 3.05) is 6.54 Å². The lowest BCUT2D eigenvalue weighted by molar-refractivity contribution is 0.193. The maximum Gasteiger partial charge on any atom is 0.0679 e. The maximum atomic E-state index is 9.29. The average Bonchev–Trinajstić information content (AvgIpc) is 2.53. The zero-order valence-corrected chi connectivity index (χ0v) is 7.48. The SMILES string of the molecule is OC1CNC(Cc2ccccn2)C1. The van der Waals surface area contributed by atoms with Gasteiger partial charge in [-0.15, -0.1) is 0 Å². The zero-order valence-electron chi connectivity index (χ0n) is 7.48. The molecule has 0 bridgehead atoms. The zero-order chi connectivity index (χ0) is 9.10. The molecule has 2 heterocycles. The van der Waals surface area contributed by atoms with E-state index in [1.165, 1.54) is 0 Å². The molecule has 13 heavy (non-hydrogen) atoms. The Morgan fingerprint density at radius 1 is 1.54 bits per heavy atom. The van der Waals surface area contributed by atoms with Crippen molar-refractivity contribution in [2.45, 2.75) is 25.0 Å². The van der Waals surface area contributed by atoms with E-state index < -0.39 is 0 Å². The monoisotopic (exact) mass is 178 g/mol. The minimum atomic E-state index is -0.172. The van der Waals surface area contributed by atoms with E-state index in [1.807, 2.05) is 18.2 Å². The van der Waals surface area contributed by atoms with Crippen LogP contribution >= 0.6 is 0 Å². The normalized spacial score (nSPS) is 27.8. The molecule has 0 aliphatic carbocycles. The molecule has 2 N–H and O–H groups in total. The molecule has 1 aliphatic heterocycles. The van der Waals surface area contributed by atoms with Crippen molar-refractivity contribution >= 4 is 0 Å². The molecule has 2 rings (SSSR count). The van der Waals surface area contributed by atoms with Crippen LogP contribution in [0.1, 0.15) is 12.1 Å². The molecular weight excluding hydrogens is 164 g/mol. The Hall–Kier alpha value is -0.930. The molecule has 3 heteroatoms. The van der Waals surface area contributed by atoms with Crippen LogP contribution in [-0.4, -0.2) is 28.8 Å². The fourth-order valence-corrected chi connectivity index (χ4v) is 1.72. The average molecular weight is 178 g/mol. The van der Waals surface area contributed by atoms with E-state index in [0.717, 1.165) is 25.1 Å². The van der Waals surface area contributed by atoms with E-state index in [9.17, 15) is 5.11 Å². The van der Waals surface area contributed by atoms with Gasteiger partial charge in [0.25, 0.3) is 0 Å². The molecule has 70 valence electrons. The van der Waals surface area contributed by atoms with Crippen molar-refractivity contribution in [1.29, 1.82) is 0 Å². The Labute approximate surface area is 77.8 Å². The lowest BCUT2D eigenvalue weighted by Gasteiger charge is -2.08. The minimum Gasteiger partial charge on any atom is -0.392 e. The number of hydrogen-bond acceptors (Lipinski definition) is 3. The van der Waals surface area contributed by atoms with Gasteiger partial charge in [0.1, 0.15) is 0 Å². The summed E-state index contributed by atoms with van der Waals surface area (Å²) in [7, 11) is 0. The number of nitrogens with one attached hydrogen (secondary N) is 1. The number of aliphatic hydroxyl groups excluding tert-OH is 1. The largest absolute Gasteiger partial charge is 0.392 e. The van der Waals surface area contributed by atoms with Crippen LogP contribution in [0.4, 0.5) is 0 Å².